The molecule has 0 aliphatic carbocycles. The van der Waals surface area contributed by atoms with E-state index in [1.807, 2.05) is 24.3 Å². The second-order valence-electron chi connectivity index (χ2n) is 4.92. The number of nitrogens with one attached hydrogen (secondary N) is 1. The molecule has 0 aromatic heterocycles. The average molecular weight is 282 g/mol. The molecule has 0 radical (unpaired) electrons. The summed E-state index contributed by atoms with van der Waals surface area (Å²) in [6.45, 7) is 4.92. The number of rotatable bonds is 8. The van der Waals surface area contributed by atoms with Crippen molar-refractivity contribution in [2.24, 2.45) is 5.92 Å². The zero-order valence-corrected chi connectivity index (χ0v) is 12.7. The summed E-state index contributed by atoms with van der Waals surface area (Å²) in [6, 6.07) is 7.78. The van der Waals surface area contributed by atoms with Gasteiger partial charge in [-0.05, 0) is 37.0 Å². The molecule has 1 atom stereocenters. The topological polar surface area (TPSA) is 29.1 Å². The molecule has 0 aliphatic rings. The van der Waals surface area contributed by atoms with Crippen molar-refractivity contribution in [2.45, 2.75) is 46.0 Å². The Balaban J connectivity index is 2.33. The maximum Gasteiger partial charge on any atom is 0.223 e. The van der Waals surface area contributed by atoms with Crippen LogP contribution in [-0.4, -0.2) is 12.5 Å². The van der Waals surface area contributed by atoms with Crippen LogP contribution in [0.2, 0.25) is 5.02 Å². The fourth-order valence-electron chi connectivity index (χ4n) is 2.14. The van der Waals surface area contributed by atoms with E-state index in [4.69, 9.17) is 11.6 Å². The molecule has 1 aromatic rings. The van der Waals surface area contributed by atoms with Crippen LogP contribution in [0.4, 0.5) is 0 Å². The summed E-state index contributed by atoms with van der Waals surface area (Å²) in [5.74, 6) is 0.359. The van der Waals surface area contributed by atoms with Crippen LogP contribution < -0.4 is 5.32 Å². The predicted molar refractivity (Wildman–Crippen MR) is 81.5 cm³/mol. The number of unbranched alkanes of at least 4 members (excludes halogenated alkanes) is 1. The van der Waals surface area contributed by atoms with Gasteiger partial charge < -0.3 is 5.32 Å². The minimum atomic E-state index is 0.166. The summed E-state index contributed by atoms with van der Waals surface area (Å²) in [4.78, 5) is 12.0. The predicted octanol–water partition coefficient (Wildman–Crippen LogP) is 4.22. The third-order valence-electron chi connectivity index (χ3n) is 3.37. The Morgan fingerprint density at radius 1 is 1.37 bits per heavy atom. The Kier molecular flexibility index (Phi) is 7.57. The lowest BCUT2D eigenvalue weighted by molar-refractivity contribution is -0.125. The molecule has 0 bridgehead atoms. The van der Waals surface area contributed by atoms with Crippen LogP contribution >= 0.6 is 11.6 Å². The summed E-state index contributed by atoms with van der Waals surface area (Å²) in [5, 5.41) is 3.78. The number of halogens is 1. The molecule has 0 aliphatic heterocycles. The van der Waals surface area contributed by atoms with Gasteiger partial charge in [0.15, 0.2) is 0 Å². The van der Waals surface area contributed by atoms with E-state index in [0.717, 1.165) is 42.7 Å². The normalized spacial score (nSPS) is 12.2. The molecule has 0 heterocycles. The van der Waals surface area contributed by atoms with E-state index in [9.17, 15) is 4.79 Å². The smallest absolute Gasteiger partial charge is 0.223 e. The van der Waals surface area contributed by atoms with E-state index in [1.54, 1.807) is 0 Å². The fourth-order valence-corrected chi connectivity index (χ4v) is 2.35. The minimum absolute atomic E-state index is 0.166. The summed E-state index contributed by atoms with van der Waals surface area (Å²) in [6.07, 6.45) is 5.02. The minimum Gasteiger partial charge on any atom is -0.356 e. The molecule has 0 spiro atoms. The zero-order chi connectivity index (χ0) is 14.1. The van der Waals surface area contributed by atoms with Gasteiger partial charge >= 0.3 is 0 Å². The highest BCUT2D eigenvalue weighted by molar-refractivity contribution is 6.30. The molecular formula is C16H24ClNO. The zero-order valence-electron chi connectivity index (χ0n) is 11.9. The van der Waals surface area contributed by atoms with Gasteiger partial charge in [0.1, 0.15) is 0 Å². The Morgan fingerprint density at radius 2 is 2.16 bits per heavy atom. The number of hydrogen-bond acceptors (Lipinski definition) is 1. The van der Waals surface area contributed by atoms with Crippen LogP contribution in [0.3, 0.4) is 0 Å². The first-order valence-corrected chi connectivity index (χ1v) is 7.57. The van der Waals surface area contributed by atoms with Gasteiger partial charge in [0.25, 0.3) is 0 Å². The number of hydrogen-bond donors (Lipinski definition) is 1. The number of benzene rings is 1. The van der Waals surface area contributed by atoms with E-state index < -0.39 is 0 Å². The van der Waals surface area contributed by atoms with Gasteiger partial charge in [-0.25, -0.2) is 0 Å². The van der Waals surface area contributed by atoms with Crippen LogP contribution in [0.5, 0.6) is 0 Å². The Bertz CT molecular complexity index is 392. The van der Waals surface area contributed by atoms with Crippen molar-refractivity contribution in [1.29, 1.82) is 0 Å². The largest absolute Gasteiger partial charge is 0.356 e. The second-order valence-corrected chi connectivity index (χ2v) is 5.35. The number of carbonyl (C=O) groups excluding carboxylic acids is 1. The summed E-state index contributed by atoms with van der Waals surface area (Å²) in [7, 11) is 0. The molecule has 3 heteroatoms. The van der Waals surface area contributed by atoms with Crippen LogP contribution in [0.1, 0.15) is 45.1 Å². The van der Waals surface area contributed by atoms with Crippen LogP contribution in [0.15, 0.2) is 24.3 Å². The maximum absolute atomic E-state index is 12.0. The molecule has 2 nitrogen and oxygen atoms in total. The second kappa shape index (κ2) is 8.98. The van der Waals surface area contributed by atoms with E-state index >= 15 is 0 Å². The number of amides is 1. The highest BCUT2D eigenvalue weighted by Crippen LogP contribution is 2.13. The van der Waals surface area contributed by atoms with Crippen LogP contribution in [0.25, 0.3) is 0 Å². The van der Waals surface area contributed by atoms with Gasteiger partial charge in [-0.15, -0.1) is 0 Å². The fraction of sp³-hybridized carbons (Fsp3) is 0.562. The highest BCUT2D eigenvalue weighted by atomic mass is 35.5. The maximum atomic E-state index is 12.0. The van der Waals surface area contributed by atoms with Crippen molar-refractivity contribution < 1.29 is 4.79 Å². The van der Waals surface area contributed by atoms with Gasteiger partial charge in [0.05, 0.1) is 0 Å². The van der Waals surface area contributed by atoms with Crippen molar-refractivity contribution in [2.75, 3.05) is 6.54 Å². The molecule has 1 unspecified atom stereocenters. The van der Waals surface area contributed by atoms with E-state index in [2.05, 4.69) is 19.2 Å². The molecule has 1 N–H and O–H groups in total. The quantitative estimate of drug-likeness (QED) is 0.760. The van der Waals surface area contributed by atoms with E-state index in [1.165, 1.54) is 0 Å². The van der Waals surface area contributed by atoms with Gasteiger partial charge in [0, 0.05) is 17.5 Å². The Labute approximate surface area is 121 Å². The average Bonchev–Trinajstić information content (AvgIpc) is 2.39. The molecule has 1 rings (SSSR count). The molecule has 0 fully saturated rings. The number of carbonyl (C=O) groups is 1. The van der Waals surface area contributed by atoms with Gasteiger partial charge in [-0.1, -0.05) is 50.4 Å². The molecule has 1 aromatic carbocycles. The molecule has 0 saturated carbocycles. The molecule has 106 valence electrons. The molecule has 19 heavy (non-hydrogen) atoms. The summed E-state index contributed by atoms with van der Waals surface area (Å²) < 4.78 is 0. The monoisotopic (exact) mass is 281 g/mol. The van der Waals surface area contributed by atoms with E-state index in [-0.39, 0.29) is 11.8 Å². The lowest BCUT2D eigenvalue weighted by Crippen LogP contribution is -2.32. The first kappa shape index (κ1) is 16.0. The van der Waals surface area contributed by atoms with Gasteiger partial charge in [0.2, 0.25) is 5.91 Å². The van der Waals surface area contributed by atoms with Crippen molar-refractivity contribution in [3.05, 3.63) is 34.9 Å². The van der Waals surface area contributed by atoms with Crippen molar-refractivity contribution >= 4 is 17.5 Å². The Hall–Kier alpha value is -1.02. The summed E-state index contributed by atoms with van der Waals surface area (Å²) >= 11 is 5.93. The molecule has 0 saturated heterocycles. The first-order valence-electron chi connectivity index (χ1n) is 7.19. The third-order valence-corrected chi connectivity index (χ3v) is 3.61. The van der Waals surface area contributed by atoms with Crippen LogP contribution in [0, 0.1) is 5.92 Å². The van der Waals surface area contributed by atoms with Gasteiger partial charge in [-0.3, -0.25) is 4.79 Å². The van der Waals surface area contributed by atoms with E-state index in [0.29, 0.717) is 6.54 Å². The molecular weight excluding hydrogens is 258 g/mol. The van der Waals surface area contributed by atoms with Crippen molar-refractivity contribution in [1.82, 2.24) is 5.32 Å². The lowest BCUT2D eigenvalue weighted by atomic mass is 9.98. The Morgan fingerprint density at radius 3 is 2.79 bits per heavy atom. The summed E-state index contributed by atoms with van der Waals surface area (Å²) in [5.41, 5.74) is 1.16. The SMILES string of the molecule is CCCCC(CC)C(=O)NCCc1cccc(Cl)c1. The highest BCUT2D eigenvalue weighted by Gasteiger charge is 2.14. The van der Waals surface area contributed by atoms with Crippen LogP contribution in [-0.2, 0) is 11.2 Å². The van der Waals surface area contributed by atoms with Gasteiger partial charge in [-0.2, -0.15) is 0 Å². The standard InChI is InChI=1S/C16H24ClNO/c1-3-5-8-14(4-2)16(19)18-11-10-13-7-6-9-15(17)12-13/h6-7,9,12,14H,3-5,8,10-11H2,1-2H3,(H,18,19). The third kappa shape index (κ3) is 6.11. The van der Waals surface area contributed by atoms with Crippen molar-refractivity contribution in [3.8, 4) is 0 Å². The molecule has 1 amide bonds. The van der Waals surface area contributed by atoms with Crippen molar-refractivity contribution in [3.63, 3.8) is 0 Å². The lowest BCUT2D eigenvalue weighted by Gasteiger charge is -2.14. The first-order chi connectivity index (χ1) is 9.17.